The maximum atomic E-state index is 12.4. The minimum atomic E-state index is -3.21. The third-order valence-electron chi connectivity index (χ3n) is 4.82. The average Bonchev–Trinajstić information content (AvgIpc) is 3.15. The monoisotopic (exact) mass is 400 g/mol. The number of rotatable bonds is 4. The van der Waals surface area contributed by atoms with Crippen LogP contribution in [0.25, 0.3) is 0 Å². The molecule has 7 nitrogen and oxygen atoms in total. The third-order valence-corrected chi connectivity index (χ3v) is 8.04. The Morgan fingerprint density at radius 1 is 1.19 bits per heavy atom. The lowest BCUT2D eigenvalue weighted by molar-refractivity contribution is -0.133. The van der Waals surface area contributed by atoms with E-state index in [0.717, 1.165) is 30.3 Å². The van der Waals surface area contributed by atoms with Crippen molar-refractivity contribution in [1.29, 1.82) is 0 Å². The quantitative estimate of drug-likeness (QED) is 0.757. The van der Waals surface area contributed by atoms with Gasteiger partial charge in [0.2, 0.25) is 15.9 Å². The molecule has 0 unspecified atom stereocenters. The van der Waals surface area contributed by atoms with Gasteiger partial charge in [-0.3, -0.25) is 9.69 Å². The molecule has 3 rings (SSSR count). The maximum absolute atomic E-state index is 12.4. The normalized spacial score (nSPS) is 22.0. The van der Waals surface area contributed by atoms with Gasteiger partial charge in [-0.05, 0) is 6.42 Å². The Morgan fingerprint density at radius 2 is 1.88 bits per heavy atom. The summed E-state index contributed by atoms with van der Waals surface area (Å²) in [6.07, 6.45) is 0.619. The number of nitrogens with zero attached hydrogens (tertiary/aromatic N) is 4. The molecule has 0 aliphatic carbocycles. The molecular weight excluding hydrogens is 372 g/mol. The van der Waals surface area contributed by atoms with Gasteiger partial charge in [0.05, 0.1) is 23.0 Å². The fourth-order valence-electron chi connectivity index (χ4n) is 3.23. The smallest absolute Gasteiger partial charge is 0.237 e. The SMILES string of the molecule is CC(C)(C)c1nc(CN2CCN(C(=O)CN3CCCS3(=O)=O)CC2)cs1. The molecular formula is C17H28N4O3S2. The van der Waals surface area contributed by atoms with Gasteiger partial charge >= 0.3 is 0 Å². The van der Waals surface area contributed by atoms with Gasteiger partial charge in [-0.15, -0.1) is 11.3 Å². The van der Waals surface area contributed by atoms with Gasteiger partial charge in [0, 0.05) is 50.1 Å². The number of thiazole rings is 1. The highest BCUT2D eigenvalue weighted by Gasteiger charge is 2.32. The Bertz CT molecular complexity index is 746. The molecule has 9 heteroatoms. The molecule has 2 saturated heterocycles. The molecule has 1 aromatic heterocycles. The number of piperazine rings is 1. The van der Waals surface area contributed by atoms with Crippen LogP contribution in [-0.2, 0) is 26.8 Å². The van der Waals surface area contributed by atoms with Gasteiger partial charge in [0.15, 0.2) is 0 Å². The molecule has 1 aromatic rings. The van der Waals surface area contributed by atoms with Gasteiger partial charge in [-0.1, -0.05) is 20.8 Å². The lowest BCUT2D eigenvalue weighted by Gasteiger charge is -2.35. The maximum Gasteiger partial charge on any atom is 0.237 e. The van der Waals surface area contributed by atoms with Crippen LogP contribution in [0.15, 0.2) is 5.38 Å². The Balaban J connectivity index is 1.48. The van der Waals surface area contributed by atoms with Crippen molar-refractivity contribution in [1.82, 2.24) is 19.1 Å². The zero-order chi connectivity index (χ0) is 18.9. The third kappa shape index (κ3) is 4.62. The lowest BCUT2D eigenvalue weighted by Crippen LogP contribution is -2.51. The second-order valence-corrected chi connectivity index (χ2v) is 11.0. The van der Waals surface area contributed by atoms with Gasteiger partial charge < -0.3 is 4.90 Å². The Morgan fingerprint density at radius 3 is 2.42 bits per heavy atom. The molecule has 0 bridgehead atoms. The van der Waals surface area contributed by atoms with Crippen LogP contribution < -0.4 is 0 Å². The molecule has 2 fully saturated rings. The van der Waals surface area contributed by atoms with Crippen LogP contribution in [-0.4, -0.2) is 78.4 Å². The van der Waals surface area contributed by atoms with Crippen LogP contribution in [0.4, 0.5) is 0 Å². The Kier molecular flexibility index (Phi) is 5.72. The van der Waals surface area contributed by atoms with Crippen LogP contribution in [0, 0.1) is 0 Å². The van der Waals surface area contributed by atoms with Crippen molar-refractivity contribution < 1.29 is 13.2 Å². The zero-order valence-corrected chi connectivity index (χ0v) is 17.4. The summed E-state index contributed by atoms with van der Waals surface area (Å²) in [5, 5.41) is 3.27. The van der Waals surface area contributed by atoms with E-state index in [4.69, 9.17) is 4.98 Å². The van der Waals surface area contributed by atoms with E-state index in [1.165, 1.54) is 4.31 Å². The van der Waals surface area contributed by atoms with E-state index in [0.29, 0.717) is 26.1 Å². The number of aromatic nitrogens is 1. The minimum Gasteiger partial charge on any atom is -0.339 e. The highest BCUT2D eigenvalue weighted by atomic mass is 32.2. The summed E-state index contributed by atoms with van der Waals surface area (Å²) in [6, 6.07) is 0. The van der Waals surface area contributed by atoms with Crippen LogP contribution in [0.3, 0.4) is 0 Å². The standard InChI is InChI=1S/C17H28N4O3S2/c1-17(2,3)16-18-14(13-25-16)11-19-6-8-20(9-7-19)15(22)12-21-5-4-10-26(21,23)24/h13H,4-12H2,1-3H3. The Hall–Kier alpha value is -1.03. The van der Waals surface area contributed by atoms with Crippen LogP contribution in [0.5, 0.6) is 0 Å². The fourth-order valence-corrected chi connectivity index (χ4v) is 5.59. The first kappa shape index (κ1) is 19.7. The van der Waals surface area contributed by atoms with E-state index in [-0.39, 0.29) is 23.6 Å². The molecule has 3 heterocycles. The summed E-state index contributed by atoms with van der Waals surface area (Å²) in [4.78, 5) is 21.2. The highest BCUT2D eigenvalue weighted by molar-refractivity contribution is 7.89. The first-order chi connectivity index (χ1) is 12.1. The molecule has 1 amide bonds. The number of sulfonamides is 1. The first-order valence-electron chi connectivity index (χ1n) is 9.08. The van der Waals surface area contributed by atoms with Gasteiger partial charge in [-0.2, -0.15) is 4.31 Å². The largest absolute Gasteiger partial charge is 0.339 e. The number of carbonyl (C=O) groups excluding carboxylic acids is 1. The summed E-state index contributed by atoms with van der Waals surface area (Å²) in [7, 11) is -3.21. The summed E-state index contributed by atoms with van der Waals surface area (Å²) < 4.78 is 25.0. The van der Waals surface area contributed by atoms with E-state index in [2.05, 4.69) is 31.1 Å². The van der Waals surface area contributed by atoms with Crippen molar-refractivity contribution in [2.75, 3.05) is 45.0 Å². The van der Waals surface area contributed by atoms with E-state index in [1.807, 2.05) is 0 Å². The van der Waals surface area contributed by atoms with Crippen molar-refractivity contribution in [3.8, 4) is 0 Å². The predicted octanol–water partition coefficient (Wildman–Crippen LogP) is 1.12. The predicted molar refractivity (Wildman–Crippen MR) is 103 cm³/mol. The topological polar surface area (TPSA) is 73.8 Å². The summed E-state index contributed by atoms with van der Waals surface area (Å²) >= 11 is 1.70. The molecule has 2 aliphatic rings. The number of hydrogen-bond donors (Lipinski definition) is 0. The number of hydrogen-bond acceptors (Lipinski definition) is 6. The molecule has 0 N–H and O–H groups in total. The highest BCUT2D eigenvalue weighted by Crippen LogP contribution is 2.26. The van der Waals surface area contributed by atoms with Crippen LogP contribution in [0.2, 0.25) is 0 Å². The van der Waals surface area contributed by atoms with E-state index < -0.39 is 10.0 Å². The van der Waals surface area contributed by atoms with Crippen LogP contribution >= 0.6 is 11.3 Å². The number of amides is 1. The fraction of sp³-hybridized carbons (Fsp3) is 0.765. The second kappa shape index (κ2) is 7.53. The molecule has 146 valence electrons. The molecule has 0 radical (unpaired) electrons. The summed E-state index contributed by atoms with van der Waals surface area (Å²) in [5.41, 5.74) is 1.16. The minimum absolute atomic E-state index is 0.0106. The zero-order valence-electron chi connectivity index (χ0n) is 15.8. The van der Waals surface area contributed by atoms with Gasteiger partial charge in [0.1, 0.15) is 0 Å². The van der Waals surface area contributed by atoms with Crippen LogP contribution in [0.1, 0.15) is 37.9 Å². The second-order valence-electron chi connectivity index (χ2n) is 8.05. The van der Waals surface area contributed by atoms with Crippen molar-refractivity contribution in [3.63, 3.8) is 0 Å². The average molecular weight is 401 g/mol. The van der Waals surface area contributed by atoms with Crippen molar-refractivity contribution in [2.45, 2.75) is 39.2 Å². The molecule has 0 aromatic carbocycles. The summed E-state index contributed by atoms with van der Waals surface area (Å²) in [5.74, 6) is 0.0805. The molecule has 0 atom stereocenters. The molecule has 0 spiro atoms. The Labute approximate surface area is 160 Å². The van der Waals surface area contributed by atoms with Gasteiger partial charge in [0.25, 0.3) is 0 Å². The molecule has 0 saturated carbocycles. The van der Waals surface area contributed by atoms with E-state index in [9.17, 15) is 13.2 Å². The van der Waals surface area contributed by atoms with Crippen molar-refractivity contribution in [3.05, 3.63) is 16.1 Å². The van der Waals surface area contributed by atoms with Crippen molar-refractivity contribution >= 4 is 27.3 Å². The lowest BCUT2D eigenvalue weighted by atomic mass is 9.98. The first-order valence-corrected chi connectivity index (χ1v) is 11.6. The van der Waals surface area contributed by atoms with Gasteiger partial charge in [-0.25, -0.2) is 13.4 Å². The molecule has 2 aliphatic heterocycles. The van der Waals surface area contributed by atoms with E-state index >= 15 is 0 Å². The number of carbonyl (C=O) groups is 1. The summed E-state index contributed by atoms with van der Waals surface area (Å²) in [6.45, 7) is 10.6. The van der Waals surface area contributed by atoms with Crippen molar-refractivity contribution in [2.24, 2.45) is 0 Å². The molecule has 26 heavy (non-hydrogen) atoms. The van der Waals surface area contributed by atoms with E-state index in [1.54, 1.807) is 16.2 Å².